The molecule has 0 unspecified atom stereocenters. The maximum absolute atomic E-state index is 13.4. The zero-order valence-corrected chi connectivity index (χ0v) is 22.2. The molecular weight excluding hydrogens is 523 g/mol. The van der Waals surface area contributed by atoms with Crippen molar-refractivity contribution in [3.05, 3.63) is 45.7 Å². The molecule has 9 nitrogen and oxygen atoms in total. The third-order valence-corrected chi connectivity index (χ3v) is 7.40. The van der Waals surface area contributed by atoms with Crippen LogP contribution in [-0.4, -0.2) is 71.4 Å². The number of anilines is 1. The van der Waals surface area contributed by atoms with Crippen molar-refractivity contribution in [1.82, 2.24) is 14.9 Å². The molecule has 4 heterocycles. The van der Waals surface area contributed by atoms with Crippen LogP contribution in [0.1, 0.15) is 48.1 Å². The van der Waals surface area contributed by atoms with Gasteiger partial charge in [0.25, 0.3) is 0 Å². The minimum Gasteiger partial charge on any atom is -0.481 e. The summed E-state index contributed by atoms with van der Waals surface area (Å²) in [5.74, 6) is -1.12. The largest absolute Gasteiger partial charge is 0.481 e. The van der Waals surface area contributed by atoms with Crippen molar-refractivity contribution in [2.45, 2.75) is 50.7 Å². The maximum atomic E-state index is 13.4. The van der Waals surface area contributed by atoms with Gasteiger partial charge in [-0.2, -0.15) is 13.2 Å². The molecule has 204 valence electrons. The molecule has 4 rings (SSSR count). The Hall–Kier alpha value is -3.41. The number of aliphatic imine (C=N–C) groups is 2. The van der Waals surface area contributed by atoms with Crippen LogP contribution >= 0.6 is 11.6 Å². The number of aromatic nitrogens is 2. The second-order valence-electron chi connectivity index (χ2n) is 9.56. The Morgan fingerprint density at radius 3 is 2.74 bits per heavy atom. The first-order valence-corrected chi connectivity index (χ1v) is 12.4. The van der Waals surface area contributed by atoms with Crippen molar-refractivity contribution in [3.63, 3.8) is 0 Å². The average molecular weight is 552 g/mol. The fourth-order valence-corrected chi connectivity index (χ4v) is 5.23. The first-order valence-electron chi connectivity index (χ1n) is 12.0. The van der Waals surface area contributed by atoms with Crippen molar-refractivity contribution in [1.29, 1.82) is 0 Å². The summed E-state index contributed by atoms with van der Waals surface area (Å²) < 4.78 is 44.4. The molecule has 13 heteroatoms. The monoisotopic (exact) mass is 551 g/mol. The summed E-state index contributed by atoms with van der Waals surface area (Å²) in [5, 5.41) is 3.90. The Morgan fingerprint density at radius 1 is 1.34 bits per heavy atom. The molecule has 2 atom stereocenters. The molecular formula is C25H29ClF3N7O2. The van der Waals surface area contributed by atoms with E-state index in [4.69, 9.17) is 22.1 Å². The number of nitrogens with one attached hydrogen (secondary N) is 1. The first-order chi connectivity index (χ1) is 17.9. The number of carbonyl (C=O) groups excluding carboxylic acids is 1. The predicted octanol–water partition coefficient (Wildman–Crippen LogP) is 3.88. The molecule has 0 saturated carbocycles. The van der Waals surface area contributed by atoms with E-state index in [1.165, 1.54) is 13.3 Å². The van der Waals surface area contributed by atoms with Crippen molar-refractivity contribution in [3.8, 4) is 5.88 Å². The quantitative estimate of drug-likeness (QED) is 0.440. The number of likely N-dealkylation sites (tertiary alicyclic amines) is 1. The number of carbonyl (C=O) groups is 1. The topological polar surface area (TPSA) is 118 Å². The van der Waals surface area contributed by atoms with Gasteiger partial charge in [0.1, 0.15) is 11.7 Å². The van der Waals surface area contributed by atoms with Crippen LogP contribution in [0.5, 0.6) is 5.88 Å². The van der Waals surface area contributed by atoms with Crippen LogP contribution in [0.15, 0.2) is 28.3 Å². The van der Waals surface area contributed by atoms with E-state index < -0.39 is 17.9 Å². The number of aryl methyl sites for hydroxylation is 2. The molecule has 2 aromatic heterocycles. The molecule has 0 aliphatic carbocycles. The Balaban J connectivity index is 1.51. The van der Waals surface area contributed by atoms with E-state index in [1.54, 1.807) is 19.1 Å². The number of fused-ring (bicyclic) bond motifs is 1. The van der Waals surface area contributed by atoms with Crippen LogP contribution in [0.4, 0.5) is 19.0 Å². The molecule has 0 radical (unpaired) electrons. The lowest BCUT2D eigenvalue weighted by molar-refractivity contribution is -0.131. The van der Waals surface area contributed by atoms with Gasteiger partial charge in [-0.25, -0.2) is 15.0 Å². The van der Waals surface area contributed by atoms with Crippen LogP contribution in [0.3, 0.4) is 0 Å². The number of hydrogen-bond acceptors (Lipinski definition) is 6. The number of nitrogens with two attached hydrogens (primary N) is 1. The van der Waals surface area contributed by atoms with Crippen LogP contribution in [0.25, 0.3) is 0 Å². The molecule has 38 heavy (non-hydrogen) atoms. The highest BCUT2D eigenvalue weighted by Gasteiger charge is 2.43. The Labute approximate surface area is 223 Å². The minimum atomic E-state index is -4.71. The molecule has 1 amide bonds. The maximum Gasteiger partial charge on any atom is 0.451 e. The molecule has 3 N–H and O–H groups in total. The zero-order chi connectivity index (χ0) is 27.8. The summed E-state index contributed by atoms with van der Waals surface area (Å²) in [6.45, 7) is 4.53. The molecule has 0 bridgehead atoms. The third-order valence-electron chi connectivity index (χ3n) is 7.09. The highest BCUT2D eigenvalue weighted by atomic mass is 35.5. The number of pyridine rings is 2. The standard InChI is InChI=1S/C25H29ClF3N7O2/c1-13(16-10-19(38-4)32-11-18(16)26)22(37)36-8-7-24(12-36)6-5-15-9-17(14(2)33-21(15)35-24)20(30)34-23(31-3)25(27,28)29/h9-11,13H,5-8,12H2,1-4H3,(H,33,35)(H2,30,31,34)/t13-,24+/m1/s1. The second-order valence-corrected chi connectivity index (χ2v) is 9.96. The summed E-state index contributed by atoms with van der Waals surface area (Å²) in [6, 6.07) is 3.40. The van der Waals surface area contributed by atoms with Crippen LogP contribution in [0.2, 0.25) is 5.02 Å². The van der Waals surface area contributed by atoms with Crippen molar-refractivity contribution < 1.29 is 22.7 Å². The van der Waals surface area contributed by atoms with Gasteiger partial charge in [-0.3, -0.25) is 9.79 Å². The summed E-state index contributed by atoms with van der Waals surface area (Å²) in [4.78, 5) is 30.6. The molecule has 1 fully saturated rings. The van der Waals surface area contributed by atoms with Gasteiger partial charge in [0.05, 0.1) is 29.3 Å². The van der Waals surface area contributed by atoms with E-state index in [1.807, 2.05) is 11.8 Å². The third kappa shape index (κ3) is 5.40. The number of rotatable bonds is 4. The highest BCUT2D eigenvalue weighted by Crippen LogP contribution is 2.38. The SMILES string of the molecule is CN=C(N=C(N)c1cc2c(nc1C)N[C@@]1(CC2)CCN(C(=O)[C@H](C)c2cc(OC)ncc2Cl)C1)C(F)(F)F. The number of hydrogen-bond donors (Lipinski definition) is 2. The van der Waals surface area contributed by atoms with Gasteiger partial charge in [0, 0.05) is 38.0 Å². The Bertz CT molecular complexity index is 1310. The lowest BCUT2D eigenvalue weighted by Crippen LogP contribution is -2.46. The van der Waals surface area contributed by atoms with Gasteiger partial charge in [0.15, 0.2) is 0 Å². The number of ether oxygens (including phenoxy) is 1. The van der Waals surface area contributed by atoms with Crippen molar-refractivity contribution >= 4 is 35.0 Å². The Kier molecular flexibility index (Phi) is 7.55. The van der Waals surface area contributed by atoms with Gasteiger partial charge >= 0.3 is 6.18 Å². The number of amides is 1. The van der Waals surface area contributed by atoms with Crippen LogP contribution < -0.4 is 15.8 Å². The van der Waals surface area contributed by atoms with Crippen molar-refractivity contribution in [2.24, 2.45) is 15.7 Å². The van der Waals surface area contributed by atoms with E-state index in [-0.39, 0.29) is 17.3 Å². The number of nitrogens with zero attached hydrogens (tertiary/aromatic N) is 5. The molecule has 2 aliphatic heterocycles. The van der Waals surface area contributed by atoms with Gasteiger partial charge in [-0.1, -0.05) is 11.6 Å². The van der Waals surface area contributed by atoms with E-state index in [0.29, 0.717) is 59.5 Å². The van der Waals surface area contributed by atoms with Gasteiger partial charge in [0.2, 0.25) is 17.6 Å². The number of halogens is 4. The summed E-state index contributed by atoms with van der Waals surface area (Å²) in [6.07, 6.45) is -1.17. The van der Waals surface area contributed by atoms with E-state index in [0.717, 1.165) is 19.0 Å². The summed E-state index contributed by atoms with van der Waals surface area (Å²) in [7, 11) is 2.52. The average Bonchev–Trinajstić information content (AvgIpc) is 3.28. The van der Waals surface area contributed by atoms with Gasteiger partial charge < -0.3 is 20.7 Å². The Morgan fingerprint density at radius 2 is 2.08 bits per heavy atom. The minimum absolute atomic E-state index is 0.0499. The van der Waals surface area contributed by atoms with E-state index in [2.05, 4.69) is 25.3 Å². The first kappa shape index (κ1) is 27.6. The number of alkyl halides is 3. The lowest BCUT2D eigenvalue weighted by Gasteiger charge is -2.36. The molecule has 1 spiro atoms. The smallest absolute Gasteiger partial charge is 0.451 e. The molecule has 2 aliphatic rings. The molecule has 2 aromatic rings. The fourth-order valence-electron chi connectivity index (χ4n) is 4.96. The number of amidine groups is 2. The van der Waals surface area contributed by atoms with Crippen LogP contribution in [0, 0.1) is 6.92 Å². The fraction of sp³-hybridized carbons (Fsp3) is 0.480. The highest BCUT2D eigenvalue weighted by molar-refractivity contribution is 6.31. The van der Waals surface area contributed by atoms with E-state index >= 15 is 0 Å². The van der Waals surface area contributed by atoms with Crippen molar-refractivity contribution in [2.75, 3.05) is 32.6 Å². The van der Waals surface area contributed by atoms with Gasteiger partial charge in [-0.05, 0) is 50.3 Å². The van der Waals surface area contributed by atoms with E-state index in [9.17, 15) is 18.0 Å². The zero-order valence-electron chi connectivity index (χ0n) is 21.5. The lowest BCUT2D eigenvalue weighted by atomic mass is 9.86. The second kappa shape index (κ2) is 10.4. The summed E-state index contributed by atoms with van der Waals surface area (Å²) in [5.41, 5.74) is 7.80. The predicted molar refractivity (Wildman–Crippen MR) is 139 cm³/mol. The van der Waals surface area contributed by atoms with Crippen LogP contribution in [-0.2, 0) is 11.2 Å². The summed E-state index contributed by atoms with van der Waals surface area (Å²) >= 11 is 6.32. The molecule has 0 aromatic carbocycles. The van der Waals surface area contributed by atoms with Gasteiger partial charge in [-0.15, -0.1) is 0 Å². The normalized spacial score (nSPS) is 20.8. The molecule has 1 saturated heterocycles. The number of methoxy groups -OCH3 is 1.